The van der Waals surface area contributed by atoms with Crippen LogP contribution in [0.1, 0.15) is 48.1 Å². The molecule has 2 fully saturated rings. The topological polar surface area (TPSA) is 97.4 Å². The zero-order valence-corrected chi connectivity index (χ0v) is 19.4. The van der Waals surface area contributed by atoms with Gasteiger partial charge >= 0.3 is 0 Å². The monoisotopic (exact) mass is 451 g/mol. The van der Waals surface area contributed by atoms with E-state index in [0.717, 1.165) is 56.5 Å². The summed E-state index contributed by atoms with van der Waals surface area (Å²) in [5.41, 5.74) is 6.42. The summed E-state index contributed by atoms with van der Waals surface area (Å²) in [5, 5.41) is 7.05. The Balaban J connectivity index is 1.36. The summed E-state index contributed by atoms with van der Waals surface area (Å²) in [4.78, 5) is 26.5. The fourth-order valence-electron chi connectivity index (χ4n) is 4.21. The Bertz CT molecular complexity index is 965. The zero-order chi connectivity index (χ0) is 23.1. The third-order valence-corrected chi connectivity index (χ3v) is 6.14. The van der Waals surface area contributed by atoms with Crippen LogP contribution in [-0.2, 0) is 20.8 Å². The van der Waals surface area contributed by atoms with Gasteiger partial charge in [-0.1, -0.05) is 29.8 Å². The summed E-state index contributed by atoms with van der Waals surface area (Å²) < 4.78 is 5.44. The smallest absolute Gasteiger partial charge is 0.267 e. The van der Waals surface area contributed by atoms with Gasteiger partial charge in [-0.2, -0.15) is 0 Å². The Morgan fingerprint density at radius 2 is 2.15 bits per heavy atom. The van der Waals surface area contributed by atoms with Gasteiger partial charge in [-0.3, -0.25) is 4.79 Å². The summed E-state index contributed by atoms with van der Waals surface area (Å²) in [7, 11) is 0. The van der Waals surface area contributed by atoms with Gasteiger partial charge in [0.15, 0.2) is 6.29 Å². The molecular weight excluding hydrogens is 418 g/mol. The molecule has 1 aromatic carbocycles. The van der Waals surface area contributed by atoms with Crippen molar-refractivity contribution in [1.29, 1.82) is 0 Å². The molecule has 33 heavy (non-hydrogen) atoms. The number of amides is 1. The molecule has 4 rings (SSSR count). The zero-order valence-electron chi connectivity index (χ0n) is 19.4. The van der Waals surface area contributed by atoms with E-state index in [4.69, 9.17) is 9.57 Å². The second kappa shape index (κ2) is 10.9. The Morgan fingerprint density at radius 3 is 2.85 bits per heavy atom. The van der Waals surface area contributed by atoms with E-state index < -0.39 is 0 Å². The van der Waals surface area contributed by atoms with Crippen LogP contribution >= 0.6 is 0 Å². The van der Waals surface area contributed by atoms with E-state index in [1.165, 1.54) is 17.2 Å². The van der Waals surface area contributed by atoms with Crippen molar-refractivity contribution in [3.05, 3.63) is 58.9 Å². The first-order valence-electron chi connectivity index (χ1n) is 11.6. The van der Waals surface area contributed by atoms with Gasteiger partial charge in [-0.05, 0) is 57.7 Å². The van der Waals surface area contributed by atoms with Crippen LogP contribution in [-0.4, -0.2) is 47.4 Å². The molecule has 2 atom stereocenters. The number of aryl methyl sites for hydroxylation is 2. The Kier molecular flexibility index (Phi) is 7.69. The minimum absolute atomic E-state index is 0.128. The molecular formula is C25H33N5O3. The highest BCUT2D eigenvalue weighted by Crippen LogP contribution is 2.25. The number of nitrogens with one attached hydrogen (secondary N) is 3. The standard InChI is InChI=1S/C25H33N5O3/c1-18-6-8-20(9-7-18)15-25(12-13-26-17-25)29-24-27-16-21(19(2)28-24)10-11-22(31)30-33-23-5-3-4-14-32-23/h6-11,16,23,26H,3-5,12-15,17H2,1-2H3,(H,30,31)(H,27,28,29)/b11-10+/t23?,25-/m0/s1. The number of hydrogen-bond acceptors (Lipinski definition) is 7. The molecule has 8 heteroatoms. The lowest BCUT2D eigenvalue weighted by atomic mass is 9.89. The largest absolute Gasteiger partial charge is 0.350 e. The predicted molar refractivity (Wildman–Crippen MR) is 127 cm³/mol. The van der Waals surface area contributed by atoms with Gasteiger partial charge < -0.3 is 15.4 Å². The van der Waals surface area contributed by atoms with Crippen LogP contribution in [0.5, 0.6) is 0 Å². The second-order valence-electron chi connectivity index (χ2n) is 8.94. The van der Waals surface area contributed by atoms with Gasteiger partial charge in [0.25, 0.3) is 5.91 Å². The molecule has 1 unspecified atom stereocenters. The molecule has 1 aromatic heterocycles. The number of hydrogen-bond donors (Lipinski definition) is 3. The fourth-order valence-corrected chi connectivity index (χ4v) is 4.21. The van der Waals surface area contributed by atoms with Crippen molar-refractivity contribution in [2.45, 2.75) is 57.8 Å². The maximum atomic E-state index is 12.1. The molecule has 0 spiro atoms. The van der Waals surface area contributed by atoms with Crippen LogP contribution in [0, 0.1) is 13.8 Å². The summed E-state index contributed by atoms with van der Waals surface area (Å²) in [5.74, 6) is 0.252. The molecule has 3 heterocycles. The third kappa shape index (κ3) is 6.60. The number of carbonyl (C=O) groups is 1. The molecule has 0 saturated carbocycles. The molecule has 2 aliphatic rings. The summed E-state index contributed by atoms with van der Waals surface area (Å²) in [6, 6.07) is 8.67. The molecule has 0 bridgehead atoms. The van der Waals surface area contributed by atoms with Crippen molar-refractivity contribution in [2.75, 3.05) is 25.0 Å². The van der Waals surface area contributed by atoms with E-state index in [-0.39, 0.29) is 17.7 Å². The van der Waals surface area contributed by atoms with E-state index in [1.807, 2.05) is 6.92 Å². The van der Waals surface area contributed by atoms with Crippen LogP contribution < -0.4 is 16.1 Å². The molecule has 2 saturated heterocycles. The van der Waals surface area contributed by atoms with Gasteiger partial charge in [-0.25, -0.2) is 20.3 Å². The first-order valence-corrected chi connectivity index (χ1v) is 11.6. The van der Waals surface area contributed by atoms with Gasteiger partial charge in [0.05, 0.1) is 11.2 Å². The molecule has 176 valence electrons. The second-order valence-corrected chi connectivity index (χ2v) is 8.94. The molecule has 0 radical (unpaired) electrons. The lowest BCUT2D eigenvalue weighted by molar-refractivity contribution is -0.198. The number of rotatable bonds is 8. The Hall–Kier alpha value is -2.81. The number of nitrogens with zero attached hydrogens (tertiary/aromatic N) is 2. The Labute approximate surface area is 195 Å². The first kappa shape index (κ1) is 23.4. The number of hydroxylamine groups is 1. The normalized spacial score (nSPS) is 23.0. The SMILES string of the molecule is Cc1ccc(C[C@@]2(Nc3ncc(/C=C/C(=O)NOC4CCCCO4)c(C)n3)CCNC2)cc1. The van der Waals surface area contributed by atoms with Crippen LogP contribution in [0.2, 0.25) is 0 Å². The van der Waals surface area contributed by atoms with Gasteiger partial charge in [-0.15, -0.1) is 0 Å². The quantitative estimate of drug-likeness (QED) is 0.419. The van der Waals surface area contributed by atoms with E-state index in [9.17, 15) is 4.79 Å². The van der Waals surface area contributed by atoms with Crippen LogP contribution in [0.3, 0.4) is 0 Å². The van der Waals surface area contributed by atoms with E-state index in [1.54, 1.807) is 12.3 Å². The maximum Gasteiger partial charge on any atom is 0.267 e. The Morgan fingerprint density at radius 1 is 1.30 bits per heavy atom. The minimum atomic E-state index is -0.371. The maximum absolute atomic E-state index is 12.1. The average Bonchev–Trinajstić information content (AvgIpc) is 3.27. The van der Waals surface area contributed by atoms with Crippen molar-refractivity contribution in [3.63, 3.8) is 0 Å². The molecule has 3 N–H and O–H groups in total. The summed E-state index contributed by atoms with van der Waals surface area (Å²) in [6.45, 7) is 6.49. The van der Waals surface area contributed by atoms with E-state index in [2.05, 4.69) is 57.3 Å². The molecule has 2 aliphatic heterocycles. The first-order chi connectivity index (χ1) is 16.0. The van der Waals surface area contributed by atoms with Crippen LogP contribution in [0.25, 0.3) is 6.08 Å². The highest BCUT2D eigenvalue weighted by molar-refractivity contribution is 5.91. The minimum Gasteiger partial charge on any atom is -0.350 e. The van der Waals surface area contributed by atoms with Gasteiger partial charge in [0.1, 0.15) is 0 Å². The number of anilines is 1. The average molecular weight is 452 g/mol. The van der Waals surface area contributed by atoms with Gasteiger partial charge in [0.2, 0.25) is 5.95 Å². The lowest BCUT2D eigenvalue weighted by Gasteiger charge is -2.30. The van der Waals surface area contributed by atoms with Crippen molar-refractivity contribution in [3.8, 4) is 0 Å². The third-order valence-electron chi connectivity index (χ3n) is 6.14. The number of carbonyl (C=O) groups excluding carboxylic acids is 1. The van der Waals surface area contributed by atoms with Crippen LogP contribution in [0.15, 0.2) is 36.5 Å². The van der Waals surface area contributed by atoms with Crippen molar-refractivity contribution >= 4 is 17.9 Å². The summed E-state index contributed by atoms with van der Waals surface area (Å²) in [6.07, 6.45) is 9.22. The molecule has 2 aromatic rings. The van der Waals surface area contributed by atoms with Crippen molar-refractivity contribution in [1.82, 2.24) is 20.8 Å². The van der Waals surface area contributed by atoms with E-state index >= 15 is 0 Å². The lowest BCUT2D eigenvalue weighted by Crippen LogP contribution is -2.43. The summed E-state index contributed by atoms with van der Waals surface area (Å²) >= 11 is 0. The highest BCUT2D eigenvalue weighted by atomic mass is 16.8. The fraction of sp³-hybridized carbons (Fsp3) is 0.480. The highest BCUT2D eigenvalue weighted by Gasteiger charge is 2.34. The molecule has 1 amide bonds. The number of aromatic nitrogens is 2. The van der Waals surface area contributed by atoms with Crippen LogP contribution in [0.4, 0.5) is 5.95 Å². The van der Waals surface area contributed by atoms with E-state index in [0.29, 0.717) is 12.6 Å². The van der Waals surface area contributed by atoms with Gasteiger partial charge in [0, 0.05) is 37.4 Å². The molecule has 0 aliphatic carbocycles. The predicted octanol–water partition coefficient (Wildman–Crippen LogP) is 3.07. The molecule has 8 nitrogen and oxygen atoms in total. The number of ether oxygens (including phenoxy) is 1. The van der Waals surface area contributed by atoms with Crippen molar-refractivity contribution in [2.24, 2.45) is 0 Å². The number of benzene rings is 1. The van der Waals surface area contributed by atoms with Crippen molar-refractivity contribution < 1.29 is 14.4 Å².